The molecule has 1 aliphatic rings. The molecule has 0 saturated carbocycles. The van der Waals surface area contributed by atoms with Crippen molar-refractivity contribution >= 4 is 32.6 Å². The van der Waals surface area contributed by atoms with Crippen LogP contribution in [0.15, 0.2) is 41.3 Å². The number of nitrogens with zero attached hydrogens (tertiary/aromatic N) is 2. The van der Waals surface area contributed by atoms with Gasteiger partial charge >= 0.3 is 0 Å². The summed E-state index contributed by atoms with van der Waals surface area (Å²) in [5.74, 6) is -0.0711. The summed E-state index contributed by atoms with van der Waals surface area (Å²) in [7, 11) is 0. The van der Waals surface area contributed by atoms with Gasteiger partial charge in [-0.2, -0.15) is 0 Å². The highest BCUT2D eigenvalue weighted by Crippen LogP contribution is 2.32. The summed E-state index contributed by atoms with van der Waals surface area (Å²) in [5.41, 5.74) is 8.18. The van der Waals surface area contributed by atoms with E-state index in [1.807, 2.05) is 23.8 Å². The smallest absolute Gasteiger partial charge is 0.171 e. The van der Waals surface area contributed by atoms with Gasteiger partial charge in [0.05, 0.1) is 18.0 Å². The van der Waals surface area contributed by atoms with Crippen molar-refractivity contribution in [3.05, 3.63) is 58.2 Å². The molecule has 7 heteroatoms. The first-order valence-electron chi connectivity index (χ1n) is 8.78. The van der Waals surface area contributed by atoms with E-state index in [1.165, 1.54) is 12.1 Å². The van der Waals surface area contributed by atoms with Crippen LogP contribution in [0.25, 0.3) is 10.9 Å². The van der Waals surface area contributed by atoms with Crippen molar-refractivity contribution in [2.45, 2.75) is 25.9 Å². The molecule has 1 aliphatic heterocycles. The molecule has 3 heterocycles. The van der Waals surface area contributed by atoms with Crippen LogP contribution >= 0.6 is 15.9 Å². The Bertz CT molecular complexity index is 1030. The van der Waals surface area contributed by atoms with Gasteiger partial charge in [0.1, 0.15) is 16.2 Å². The number of ketones is 1. The summed E-state index contributed by atoms with van der Waals surface area (Å²) in [5, 5.41) is 0.786. The van der Waals surface area contributed by atoms with Gasteiger partial charge in [-0.25, -0.2) is 9.37 Å². The number of fused-ring (bicyclic) bond motifs is 2. The average Bonchev–Trinajstić information content (AvgIpc) is 2.97. The Labute approximate surface area is 164 Å². The number of aromatic nitrogens is 2. The third-order valence-corrected chi connectivity index (χ3v) is 5.22. The Morgan fingerprint density at radius 3 is 3.07 bits per heavy atom. The van der Waals surface area contributed by atoms with E-state index in [1.54, 1.807) is 12.3 Å². The van der Waals surface area contributed by atoms with E-state index >= 15 is 0 Å². The topological polar surface area (TPSA) is 70.1 Å². The molecule has 5 nitrogen and oxygen atoms in total. The summed E-state index contributed by atoms with van der Waals surface area (Å²) in [6, 6.07) is 6.25. The number of rotatable bonds is 4. The number of nitrogens with two attached hydrogens (primary N) is 1. The number of carbonyl (C=O) groups is 1. The highest BCUT2D eigenvalue weighted by atomic mass is 79.9. The fourth-order valence-electron chi connectivity index (χ4n) is 3.57. The van der Waals surface area contributed by atoms with Crippen molar-refractivity contribution in [3.8, 4) is 5.75 Å². The van der Waals surface area contributed by atoms with Crippen LogP contribution in [0.2, 0.25) is 0 Å². The Hall–Kier alpha value is -2.25. The van der Waals surface area contributed by atoms with E-state index in [0.29, 0.717) is 28.9 Å². The third-order valence-electron chi connectivity index (χ3n) is 4.78. The van der Waals surface area contributed by atoms with Crippen LogP contribution in [0.1, 0.15) is 22.8 Å². The zero-order valence-electron chi connectivity index (χ0n) is 14.8. The first kappa shape index (κ1) is 18.1. The summed E-state index contributed by atoms with van der Waals surface area (Å²) < 4.78 is 21.9. The Kier molecular flexibility index (Phi) is 4.74. The molecule has 1 aromatic carbocycles. The molecule has 0 amide bonds. The molecule has 2 aromatic heterocycles. The summed E-state index contributed by atoms with van der Waals surface area (Å²) in [6.45, 7) is 2.79. The maximum absolute atomic E-state index is 13.5. The van der Waals surface area contributed by atoms with E-state index in [9.17, 15) is 9.18 Å². The van der Waals surface area contributed by atoms with Gasteiger partial charge in [-0.05, 0) is 59.1 Å². The van der Waals surface area contributed by atoms with Gasteiger partial charge in [-0.1, -0.05) is 0 Å². The highest BCUT2D eigenvalue weighted by Gasteiger charge is 2.29. The van der Waals surface area contributed by atoms with E-state index in [0.717, 1.165) is 16.5 Å². The van der Waals surface area contributed by atoms with E-state index < -0.39 is 0 Å². The molecule has 0 spiro atoms. The van der Waals surface area contributed by atoms with Gasteiger partial charge in [-0.15, -0.1) is 0 Å². The second kappa shape index (κ2) is 7.05. The SMILES string of the molecule is CC(N)Cn1cc(C(=O)C2COc3ccc(F)cc3C2)c2cnc(Br)cc21. The van der Waals surface area contributed by atoms with Crippen LogP contribution in [0.5, 0.6) is 5.75 Å². The van der Waals surface area contributed by atoms with Gasteiger partial charge in [-0.3, -0.25) is 4.79 Å². The molecule has 140 valence electrons. The first-order valence-corrected chi connectivity index (χ1v) is 9.57. The molecule has 0 fully saturated rings. The molecule has 4 rings (SSSR count). The lowest BCUT2D eigenvalue weighted by Crippen LogP contribution is -2.28. The fourth-order valence-corrected chi connectivity index (χ4v) is 3.89. The zero-order chi connectivity index (χ0) is 19.1. The van der Waals surface area contributed by atoms with E-state index in [2.05, 4.69) is 20.9 Å². The van der Waals surface area contributed by atoms with Crippen LogP contribution in [-0.2, 0) is 13.0 Å². The maximum atomic E-state index is 13.5. The number of Topliss-reactive ketones (excluding diaryl/α,β-unsaturated/α-hetero) is 1. The Morgan fingerprint density at radius 1 is 1.48 bits per heavy atom. The second-order valence-electron chi connectivity index (χ2n) is 7.02. The molecule has 2 N–H and O–H groups in total. The Balaban J connectivity index is 1.71. The van der Waals surface area contributed by atoms with Crippen molar-refractivity contribution in [3.63, 3.8) is 0 Å². The van der Waals surface area contributed by atoms with Gasteiger partial charge in [0, 0.05) is 35.9 Å². The van der Waals surface area contributed by atoms with Crippen LogP contribution in [0.3, 0.4) is 0 Å². The van der Waals surface area contributed by atoms with Crippen LogP contribution < -0.4 is 10.5 Å². The second-order valence-corrected chi connectivity index (χ2v) is 7.84. The summed E-state index contributed by atoms with van der Waals surface area (Å²) in [6.07, 6.45) is 3.99. The summed E-state index contributed by atoms with van der Waals surface area (Å²) >= 11 is 3.38. The highest BCUT2D eigenvalue weighted by molar-refractivity contribution is 9.10. The van der Waals surface area contributed by atoms with Gasteiger partial charge in [0.2, 0.25) is 0 Å². The van der Waals surface area contributed by atoms with E-state index in [-0.39, 0.29) is 30.2 Å². The normalized spacial score (nSPS) is 17.4. The van der Waals surface area contributed by atoms with Crippen LogP contribution in [0.4, 0.5) is 4.39 Å². The predicted molar refractivity (Wildman–Crippen MR) is 105 cm³/mol. The van der Waals surface area contributed by atoms with Crippen LogP contribution in [0, 0.1) is 11.7 Å². The van der Waals surface area contributed by atoms with Gasteiger partial charge in [0.25, 0.3) is 0 Å². The average molecular weight is 432 g/mol. The van der Waals surface area contributed by atoms with Crippen molar-refractivity contribution in [2.75, 3.05) is 6.61 Å². The molecule has 27 heavy (non-hydrogen) atoms. The molecule has 0 radical (unpaired) electrons. The number of ether oxygens (including phenoxy) is 1. The minimum atomic E-state index is -0.364. The minimum Gasteiger partial charge on any atom is -0.493 e. The maximum Gasteiger partial charge on any atom is 0.171 e. The predicted octanol–water partition coefficient (Wildman–Crippen LogP) is 3.72. The Morgan fingerprint density at radius 2 is 2.30 bits per heavy atom. The monoisotopic (exact) mass is 431 g/mol. The van der Waals surface area contributed by atoms with Crippen molar-refractivity contribution < 1.29 is 13.9 Å². The largest absolute Gasteiger partial charge is 0.493 e. The van der Waals surface area contributed by atoms with Gasteiger partial charge < -0.3 is 15.0 Å². The van der Waals surface area contributed by atoms with Crippen molar-refractivity contribution in [2.24, 2.45) is 11.7 Å². The first-order chi connectivity index (χ1) is 12.9. The lowest BCUT2D eigenvalue weighted by Gasteiger charge is -2.24. The minimum absolute atomic E-state index is 0.0255. The van der Waals surface area contributed by atoms with Crippen LogP contribution in [-0.4, -0.2) is 28.0 Å². The van der Waals surface area contributed by atoms with Crippen molar-refractivity contribution in [1.82, 2.24) is 9.55 Å². The number of benzene rings is 1. The fraction of sp³-hybridized carbons (Fsp3) is 0.300. The molecular weight excluding hydrogens is 413 g/mol. The van der Waals surface area contributed by atoms with E-state index in [4.69, 9.17) is 10.5 Å². The number of hydrogen-bond acceptors (Lipinski definition) is 4. The van der Waals surface area contributed by atoms with Crippen molar-refractivity contribution in [1.29, 1.82) is 0 Å². The lowest BCUT2D eigenvalue weighted by molar-refractivity contribution is 0.0856. The molecule has 0 saturated heterocycles. The molecule has 0 aliphatic carbocycles. The summed E-state index contributed by atoms with van der Waals surface area (Å²) in [4.78, 5) is 17.5. The number of carbonyl (C=O) groups excluding carboxylic acids is 1. The molecule has 0 bridgehead atoms. The molecule has 2 atom stereocenters. The zero-order valence-corrected chi connectivity index (χ0v) is 16.4. The molecule has 2 unspecified atom stereocenters. The molecular formula is C20H19BrFN3O2. The lowest BCUT2D eigenvalue weighted by atomic mass is 9.90. The quantitative estimate of drug-likeness (QED) is 0.504. The number of halogens is 2. The van der Waals surface area contributed by atoms with Gasteiger partial charge in [0.15, 0.2) is 5.78 Å². The number of pyridine rings is 1. The molecule has 3 aromatic rings. The third kappa shape index (κ3) is 3.49. The number of hydrogen-bond donors (Lipinski definition) is 1. The standard InChI is InChI=1S/C20H19BrFN3O2/c1-11(23)8-25-9-16(15-7-24-19(21)6-17(15)25)20(26)13-4-12-5-14(22)2-3-18(12)27-10-13/h2-3,5-7,9,11,13H,4,8,10,23H2,1H3.